The molecule has 0 aromatic carbocycles. The third-order valence-corrected chi connectivity index (χ3v) is 9.28. The van der Waals surface area contributed by atoms with E-state index in [1.165, 1.54) is 25.7 Å². The van der Waals surface area contributed by atoms with Crippen molar-refractivity contribution in [2.45, 2.75) is 109 Å². The third-order valence-electron chi connectivity index (χ3n) is 5.15. The van der Waals surface area contributed by atoms with E-state index in [0.29, 0.717) is 6.10 Å². The highest BCUT2D eigenvalue weighted by atomic mass is 28.4. The Hall–Kier alpha value is -0.163. The van der Waals surface area contributed by atoms with Gasteiger partial charge in [0.1, 0.15) is 0 Å². The highest BCUT2D eigenvalue weighted by molar-refractivity contribution is 6.73. The fraction of sp³-hybridized carbons (Fsp3) is 0.900. The molecule has 0 aliphatic heterocycles. The first kappa shape index (κ1) is 23.8. The largest absolute Gasteiger partial charge is 0.381 e. The molecule has 0 heterocycles. The average molecular weight is 359 g/mol. The van der Waals surface area contributed by atoms with Crippen molar-refractivity contribution in [3.8, 4) is 0 Å². The number of methoxy groups -OCH3 is 1. The maximum absolute atomic E-state index is 5.94. The molecule has 3 nitrogen and oxygen atoms in total. The van der Waals surface area contributed by atoms with Crippen LogP contribution in [-0.4, -0.2) is 27.6 Å². The smallest absolute Gasteiger partial charge is 0.238 e. The summed E-state index contributed by atoms with van der Waals surface area (Å²) in [7, 11) is -0.0597. The van der Waals surface area contributed by atoms with E-state index in [2.05, 4.69) is 47.4 Å². The van der Waals surface area contributed by atoms with Crippen LogP contribution in [0.15, 0.2) is 12.7 Å². The van der Waals surface area contributed by atoms with Gasteiger partial charge in [-0.3, -0.25) is 4.58 Å². The van der Waals surface area contributed by atoms with Gasteiger partial charge < -0.3 is 4.74 Å². The van der Waals surface area contributed by atoms with E-state index >= 15 is 0 Å². The standard InChI is InChI=1S/C20H42O3Si/c1-9-11-12-13-15-18(21-6)16-17-19(14-10-2)22-23-24(7,8)20(3,4)5/h10,18-19H,2,9,11-17H2,1,3-8H3. The zero-order valence-electron chi connectivity index (χ0n) is 17.3. The third kappa shape index (κ3) is 9.97. The van der Waals surface area contributed by atoms with Crippen LogP contribution in [-0.2, 0) is 14.2 Å². The van der Waals surface area contributed by atoms with Gasteiger partial charge >= 0.3 is 0 Å². The predicted octanol–water partition coefficient (Wildman–Crippen LogP) is 6.65. The summed E-state index contributed by atoms with van der Waals surface area (Å²) < 4.78 is 11.6. The lowest BCUT2D eigenvalue weighted by Crippen LogP contribution is -2.41. The van der Waals surface area contributed by atoms with Crippen LogP contribution in [0, 0.1) is 0 Å². The molecule has 0 bridgehead atoms. The zero-order chi connectivity index (χ0) is 18.6. The zero-order valence-corrected chi connectivity index (χ0v) is 18.3. The first-order valence-electron chi connectivity index (χ1n) is 9.66. The van der Waals surface area contributed by atoms with Crippen molar-refractivity contribution < 1.29 is 14.2 Å². The Labute approximate surface area is 152 Å². The number of hydrogen-bond donors (Lipinski definition) is 0. The van der Waals surface area contributed by atoms with Crippen molar-refractivity contribution >= 4 is 8.32 Å². The molecule has 0 rings (SSSR count). The molecule has 0 N–H and O–H groups in total. The molecular weight excluding hydrogens is 316 g/mol. The molecule has 0 aliphatic carbocycles. The van der Waals surface area contributed by atoms with Crippen molar-refractivity contribution in [2.24, 2.45) is 0 Å². The number of hydrogen-bond acceptors (Lipinski definition) is 3. The fourth-order valence-corrected chi connectivity index (χ4v) is 2.88. The van der Waals surface area contributed by atoms with Gasteiger partial charge in [0.2, 0.25) is 8.32 Å². The molecule has 0 saturated heterocycles. The molecule has 0 fully saturated rings. The van der Waals surface area contributed by atoms with E-state index in [1.54, 1.807) is 0 Å². The van der Waals surface area contributed by atoms with Crippen LogP contribution in [0.1, 0.15) is 79.1 Å². The van der Waals surface area contributed by atoms with E-state index in [1.807, 2.05) is 13.2 Å². The minimum atomic E-state index is -1.88. The maximum atomic E-state index is 5.94. The van der Waals surface area contributed by atoms with E-state index in [0.717, 1.165) is 25.7 Å². The van der Waals surface area contributed by atoms with Crippen LogP contribution < -0.4 is 0 Å². The summed E-state index contributed by atoms with van der Waals surface area (Å²) in [5, 5.41) is 0.153. The van der Waals surface area contributed by atoms with Gasteiger partial charge in [-0.25, -0.2) is 4.89 Å². The van der Waals surface area contributed by atoms with Gasteiger partial charge in [-0.1, -0.05) is 59.5 Å². The highest BCUT2D eigenvalue weighted by Gasteiger charge is 2.39. The van der Waals surface area contributed by atoms with E-state index in [-0.39, 0.29) is 11.1 Å². The molecule has 0 radical (unpaired) electrons. The van der Waals surface area contributed by atoms with Crippen LogP contribution in [0.25, 0.3) is 0 Å². The summed E-state index contributed by atoms with van der Waals surface area (Å²) in [6.45, 7) is 17.2. The highest BCUT2D eigenvalue weighted by Crippen LogP contribution is 2.37. The second-order valence-corrected chi connectivity index (χ2v) is 13.1. The molecule has 0 aliphatic rings. The monoisotopic (exact) mass is 358 g/mol. The minimum Gasteiger partial charge on any atom is -0.381 e. The average Bonchev–Trinajstić information content (AvgIpc) is 2.50. The Morgan fingerprint density at radius 1 is 1.00 bits per heavy atom. The molecule has 0 saturated carbocycles. The molecule has 0 spiro atoms. The second kappa shape index (κ2) is 12.2. The van der Waals surface area contributed by atoms with Crippen molar-refractivity contribution in [3.63, 3.8) is 0 Å². The summed E-state index contributed by atoms with van der Waals surface area (Å²) in [4.78, 5) is 5.85. The summed E-state index contributed by atoms with van der Waals surface area (Å²) in [6.07, 6.45) is 11.4. The summed E-state index contributed by atoms with van der Waals surface area (Å²) in [5.74, 6) is 0. The number of unbranched alkanes of at least 4 members (excludes halogenated alkanes) is 3. The van der Waals surface area contributed by atoms with E-state index in [4.69, 9.17) is 14.2 Å². The van der Waals surface area contributed by atoms with Gasteiger partial charge in [0, 0.05) is 7.11 Å². The van der Waals surface area contributed by atoms with Crippen molar-refractivity contribution in [1.82, 2.24) is 0 Å². The molecule has 0 aromatic rings. The first-order valence-corrected chi connectivity index (χ1v) is 12.6. The Balaban J connectivity index is 4.33. The minimum absolute atomic E-state index is 0.0740. The molecule has 2 atom stereocenters. The van der Waals surface area contributed by atoms with Crippen LogP contribution in [0.2, 0.25) is 18.1 Å². The molecule has 2 unspecified atom stereocenters. The molecule has 0 amide bonds. The fourth-order valence-electron chi connectivity index (χ4n) is 2.26. The van der Waals surface area contributed by atoms with Gasteiger partial charge in [-0.15, -0.1) is 6.58 Å². The van der Waals surface area contributed by atoms with Gasteiger partial charge in [0.25, 0.3) is 0 Å². The molecular formula is C20H42O3Si. The van der Waals surface area contributed by atoms with Gasteiger partial charge in [-0.05, 0) is 43.8 Å². The Morgan fingerprint density at radius 2 is 1.62 bits per heavy atom. The van der Waals surface area contributed by atoms with Crippen molar-refractivity contribution in [1.29, 1.82) is 0 Å². The van der Waals surface area contributed by atoms with Crippen LogP contribution in [0.3, 0.4) is 0 Å². The first-order chi connectivity index (χ1) is 11.2. The lowest BCUT2D eigenvalue weighted by molar-refractivity contribution is -0.259. The summed E-state index contributed by atoms with van der Waals surface area (Å²) >= 11 is 0. The molecule has 0 aromatic heterocycles. The van der Waals surface area contributed by atoms with Crippen LogP contribution in [0.4, 0.5) is 0 Å². The number of ether oxygens (including phenoxy) is 1. The lowest BCUT2D eigenvalue weighted by atomic mass is 10.0. The van der Waals surface area contributed by atoms with Crippen molar-refractivity contribution in [2.75, 3.05) is 7.11 Å². The Kier molecular flexibility index (Phi) is 12.1. The molecule has 4 heteroatoms. The number of rotatable bonds is 14. The van der Waals surface area contributed by atoms with E-state index < -0.39 is 8.32 Å². The molecule has 144 valence electrons. The molecule has 24 heavy (non-hydrogen) atoms. The predicted molar refractivity (Wildman–Crippen MR) is 107 cm³/mol. The summed E-state index contributed by atoms with van der Waals surface area (Å²) in [5.41, 5.74) is 0. The Morgan fingerprint density at radius 3 is 2.12 bits per heavy atom. The Bertz CT molecular complexity index is 323. The quantitative estimate of drug-likeness (QED) is 0.114. The van der Waals surface area contributed by atoms with Crippen LogP contribution in [0.5, 0.6) is 0 Å². The summed E-state index contributed by atoms with van der Waals surface area (Å²) in [6, 6.07) is 0. The lowest BCUT2D eigenvalue weighted by Gasteiger charge is -2.35. The maximum Gasteiger partial charge on any atom is 0.238 e. The SMILES string of the molecule is C=CCC(CCC(CCCCCC)OC)OO[Si](C)(C)C(C)(C)C. The normalized spacial score (nSPS) is 15.3. The van der Waals surface area contributed by atoms with Gasteiger partial charge in [0.05, 0.1) is 12.2 Å². The van der Waals surface area contributed by atoms with Gasteiger partial charge in [-0.2, -0.15) is 0 Å². The van der Waals surface area contributed by atoms with Crippen LogP contribution >= 0.6 is 0 Å². The van der Waals surface area contributed by atoms with Crippen molar-refractivity contribution in [3.05, 3.63) is 12.7 Å². The van der Waals surface area contributed by atoms with Gasteiger partial charge in [0.15, 0.2) is 0 Å². The topological polar surface area (TPSA) is 27.7 Å². The van der Waals surface area contributed by atoms with E-state index in [9.17, 15) is 0 Å². The second-order valence-electron chi connectivity index (χ2n) is 8.37.